The summed E-state index contributed by atoms with van der Waals surface area (Å²) in [6.07, 6.45) is 3.10. The molecule has 152 valence electrons. The summed E-state index contributed by atoms with van der Waals surface area (Å²) in [5.74, 6) is 1.72. The third-order valence-corrected chi connectivity index (χ3v) is 6.94. The first-order valence-electron chi connectivity index (χ1n) is 9.33. The molecule has 2 aromatic heterocycles. The molecule has 29 heavy (non-hydrogen) atoms. The van der Waals surface area contributed by atoms with E-state index in [1.165, 1.54) is 4.31 Å². The van der Waals surface area contributed by atoms with Gasteiger partial charge in [0.2, 0.25) is 10.0 Å². The van der Waals surface area contributed by atoms with Gasteiger partial charge in [-0.05, 0) is 51.0 Å². The van der Waals surface area contributed by atoms with E-state index < -0.39 is 16.1 Å². The minimum Gasteiger partial charge on any atom is -0.497 e. The zero-order valence-electron chi connectivity index (χ0n) is 16.5. The lowest BCUT2D eigenvalue weighted by molar-refractivity contribution is 0.387. The number of sulfonamides is 1. The Morgan fingerprint density at radius 3 is 2.62 bits per heavy atom. The number of hydrogen-bond donors (Lipinski definition) is 0. The number of methoxy groups -OCH3 is 1. The van der Waals surface area contributed by atoms with Gasteiger partial charge in [0.05, 0.1) is 35.0 Å². The number of hydrogen-bond acceptors (Lipinski definition) is 7. The smallest absolute Gasteiger partial charge is 0.243 e. The summed E-state index contributed by atoms with van der Waals surface area (Å²) in [6, 6.07) is 7.83. The van der Waals surface area contributed by atoms with Gasteiger partial charge >= 0.3 is 0 Å². The third-order valence-electron chi connectivity index (χ3n) is 5.02. The van der Waals surface area contributed by atoms with Crippen LogP contribution in [0.3, 0.4) is 0 Å². The highest BCUT2D eigenvalue weighted by Gasteiger charge is 2.38. The highest BCUT2D eigenvalue weighted by atomic mass is 32.2. The number of ether oxygens (including phenoxy) is 1. The van der Waals surface area contributed by atoms with Crippen LogP contribution in [0.15, 0.2) is 45.9 Å². The Hall–Kier alpha value is -2.78. The SMILES string of the molecule is COc1ccc(S(=O)(=O)N2CCC[C@H]2c2nc(C)ncc2-c2cc(C)no2)cc1. The molecule has 4 rings (SSSR count). The molecule has 0 bridgehead atoms. The van der Waals surface area contributed by atoms with Crippen molar-refractivity contribution in [2.24, 2.45) is 0 Å². The molecule has 9 heteroatoms. The van der Waals surface area contributed by atoms with Crippen molar-refractivity contribution in [2.75, 3.05) is 13.7 Å². The first-order valence-corrected chi connectivity index (χ1v) is 10.8. The molecule has 1 fully saturated rings. The van der Waals surface area contributed by atoms with Crippen LogP contribution in [-0.4, -0.2) is 41.5 Å². The monoisotopic (exact) mass is 414 g/mol. The fraction of sp³-hybridized carbons (Fsp3) is 0.350. The average molecular weight is 414 g/mol. The summed E-state index contributed by atoms with van der Waals surface area (Å²) in [5.41, 5.74) is 2.04. The Balaban J connectivity index is 1.76. The fourth-order valence-electron chi connectivity index (χ4n) is 3.61. The van der Waals surface area contributed by atoms with Crippen LogP contribution in [0.4, 0.5) is 0 Å². The largest absolute Gasteiger partial charge is 0.497 e. The summed E-state index contributed by atoms with van der Waals surface area (Å²) in [7, 11) is -2.15. The lowest BCUT2D eigenvalue weighted by atomic mass is 10.0. The molecule has 1 aliphatic heterocycles. The molecule has 3 heterocycles. The number of nitrogens with zero attached hydrogens (tertiary/aromatic N) is 4. The number of benzene rings is 1. The van der Waals surface area contributed by atoms with Crippen LogP contribution in [-0.2, 0) is 10.0 Å². The summed E-state index contributed by atoms with van der Waals surface area (Å²) in [6.45, 7) is 4.05. The third kappa shape index (κ3) is 3.63. The van der Waals surface area contributed by atoms with Gasteiger partial charge in [0.15, 0.2) is 5.76 Å². The summed E-state index contributed by atoms with van der Waals surface area (Å²) < 4.78 is 38.8. The van der Waals surface area contributed by atoms with E-state index in [4.69, 9.17) is 9.26 Å². The molecule has 0 unspecified atom stereocenters. The predicted octanol–water partition coefficient (Wildman–Crippen LogP) is 3.28. The summed E-state index contributed by atoms with van der Waals surface area (Å²) in [4.78, 5) is 9.11. The number of rotatable bonds is 5. The standard InChI is InChI=1S/C20H22N4O4S/c1-13-11-19(28-23-13)17-12-21-14(2)22-20(17)18-5-4-10-24(18)29(25,26)16-8-6-15(27-3)7-9-16/h6-9,11-12,18H,4-5,10H2,1-3H3/t18-/m0/s1. The minimum atomic E-state index is -3.70. The van der Waals surface area contributed by atoms with Gasteiger partial charge in [-0.3, -0.25) is 0 Å². The molecule has 1 atom stereocenters. The van der Waals surface area contributed by atoms with Crippen molar-refractivity contribution in [2.45, 2.75) is 37.6 Å². The van der Waals surface area contributed by atoms with E-state index >= 15 is 0 Å². The molecule has 0 N–H and O–H groups in total. The van der Waals surface area contributed by atoms with Gasteiger partial charge in [0.25, 0.3) is 0 Å². The van der Waals surface area contributed by atoms with Gasteiger partial charge < -0.3 is 9.26 Å². The van der Waals surface area contributed by atoms with Crippen molar-refractivity contribution in [3.63, 3.8) is 0 Å². The molecule has 0 amide bonds. The van der Waals surface area contributed by atoms with Gasteiger partial charge in [-0.25, -0.2) is 18.4 Å². The van der Waals surface area contributed by atoms with Crippen LogP contribution in [0.5, 0.6) is 5.75 Å². The average Bonchev–Trinajstić information content (AvgIpc) is 3.37. The number of aryl methyl sites for hydroxylation is 2. The highest BCUT2D eigenvalue weighted by Crippen LogP contribution is 2.39. The Kier molecular flexibility index (Phi) is 5.10. The van der Waals surface area contributed by atoms with E-state index in [9.17, 15) is 8.42 Å². The first-order chi connectivity index (χ1) is 13.9. The first kappa shape index (κ1) is 19.5. The van der Waals surface area contributed by atoms with E-state index in [2.05, 4.69) is 15.1 Å². The maximum absolute atomic E-state index is 13.4. The second kappa shape index (κ2) is 7.57. The summed E-state index contributed by atoms with van der Waals surface area (Å²) in [5, 5.41) is 3.94. The van der Waals surface area contributed by atoms with Crippen LogP contribution >= 0.6 is 0 Å². The van der Waals surface area contributed by atoms with Gasteiger partial charge in [-0.15, -0.1) is 0 Å². The molecule has 3 aromatic rings. The van der Waals surface area contributed by atoms with Crippen molar-refractivity contribution in [1.29, 1.82) is 0 Å². The summed E-state index contributed by atoms with van der Waals surface area (Å²) >= 11 is 0. The second-order valence-electron chi connectivity index (χ2n) is 7.00. The Bertz CT molecular complexity index is 1130. The maximum atomic E-state index is 13.4. The molecular weight excluding hydrogens is 392 g/mol. The second-order valence-corrected chi connectivity index (χ2v) is 8.89. The molecule has 1 aliphatic rings. The molecule has 0 radical (unpaired) electrons. The highest BCUT2D eigenvalue weighted by molar-refractivity contribution is 7.89. The van der Waals surface area contributed by atoms with Gasteiger partial charge in [0, 0.05) is 18.8 Å². The molecule has 1 aromatic carbocycles. The quantitative estimate of drug-likeness (QED) is 0.632. The van der Waals surface area contributed by atoms with E-state index in [-0.39, 0.29) is 4.90 Å². The molecular formula is C20H22N4O4S. The van der Waals surface area contributed by atoms with Crippen molar-refractivity contribution in [3.05, 3.63) is 53.7 Å². The maximum Gasteiger partial charge on any atom is 0.243 e. The van der Waals surface area contributed by atoms with Crippen LogP contribution in [0.1, 0.15) is 36.1 Å². The molecule has 1 saturated heterocycles. The molecule has 0 saturated carbocycles. The van der Waals surface area contributed by atoms with Crippen LogP contribution in [0, 0.1) is 13.8 Å². The lowest BCUT2D eigenvalue weighted by Gasteiger charge is -2.25. The number of aromatic nitrogens is 3. The van der Waals surface area contributed by atoms with Gasteiger partial charge in [0.1, 0.15) is 11.6 Å². The van der Waals surface area contributed by atoms with Crippen molar-refractivity contribution >= 4 is 10.0 Å². The predicted molar refractivity (Wildman–Crippen MR) is 106 cm³/mol. The van der Waals surface area contributed by atoms with Crippen molar-refractivity contribution in [1.82, 2.24) is 19.4 Å². The molecule has 0 aliphatic carbocycles. The minimum absolute atomic E-state index is 0.230. The zero-order chi connectivity index (χ0) is 20.6. The van der Waals surface area contributed by atoms with Gasteiger partial charge in [-0.2, -0.15) is 4.31 Å². The zero-order valence-corrected chi connectivity index (χ0v) is 17.3. The topological polar surface area (TPSA) is 98.4 Å². The van der Waals surface area contributed by atoms with E-state index in [0.717, 1.165) is 12.1 Å². The molecule has 0 spiro atoms. The van der Waals surface area contributed by atoms with E-state index in [0.29, 0.717) is 41.6 Å². The van der Waals surface area contributed by atoms with Gasteiger partial charge in [-0.1, -0.05) is 5.16 Å². The Morgan fingerprint density at radius 2 is 1.97 bits per heavy atom. The normalized spacial score (nSPS) is 17.6. The Morgan fingerprint density at radius 1 is 1.21 bits per heavy atom. The van der Waals surface area contributed by atoms with Crippen LogP contribution in [0.25, 0.3) is 11.3 Å². The Labute approximate surface area is 169 Å². The van der Waals surface area contributed by atoms with E-state index in [1.807, 2.05) is 6.92 Å². The van der Waals surface area contributed by atoms with E-state index in [1.54, 1.807) is 50.6 Å². The van der Waals surface area contributed by atoms with Crippen molar-refractivity contribution < 1.29 is 17.7 Å². The van der Waals surface area contributed by atoms with Crippen LogP contribution < -0.4 is 4.74 Å². The van der Waals surface area contributed by atoms with Crippen LogP contribution in [0.2, 0.25) is 0 Å². The fourth-order valence-corrected chi connectivity index (χ4v) is 5.27. The lowest BCUT2D eigenvalue weighted by Crippen LogP contribution is -2.31. The van der Waals surface area contributed by atoms with Crippen molar-refractivity contribution in [3.8, 4) is 17.1 Å². The molecule has 8 nitrogen and oxygen atoms in total.